The van der Waals surface area contributed by atoms with Gasteiger partial charge in [-0.15, -0.1) is 0 Å². The van der Waals surface area contributed by atoms with Crippen LogP contribution in [0.4, 0.5) is 18.9 Å². The van der Waals surface area contributed by atoms with E-state index in [-0.39, 0.29) is 48.9 Å². The average molecular weight is 423 g/mol. The topological polar surface area (TPSA) is 106 Å². The molecule has 2 aromatic rings. The molecule has 2 heterocycles. The highest BCUT2D eigenvalue weighted by Gasteiger charge is 2.36. The van der Waals surface area contributed by atoms with E-state index in [9.17, 15) is 27.9 Å². The normalized spacial score (nSPS) is 15.0. The third-order valence-electron chi connectivity index (χ3n) is 4.81. The summed E-state index contributed by atoms with van der Waals surface area (Å²) in [6, 6.07) is 5.79. The molecule has 0 bridgehead atoms. The maximum Gasteiger partial charge on any atom is 0.433 e. The van der Waals surface area contributed by atoms with Crippen molar-refractivity contribution in [3.63, 3.8) is 0 Å². The van der Waals surface area contributed by atoms with E-state index in [1.165, 1.54) is 11.0 Å². The van der Waals surface area contributed by atoms with E-state index in [1.807, 2.05) is 0 Å². The second kappa shape index (κ2) is 8.31. The zero-order valence-electron chi connectivity index (χ0n) is 16.1. The number of halogens is 3. The van der Waals surface area contributed by atoms with E-state index in [2.05, 4.69) is 4.98 Å². The summed E-state index contributed by atoms with van der Waals surface area (Å²) in [4.78, 5) is 28.8. The second-order valence-corrected chi connectivity index (χ2v) is 6.78. The number of carbonyl (C=O) groups excluding carboxylic acids is 1. The quantitative estimate of drug-likeness (QED) is 0.737. The number of pyridine rings is 1. The zero-order chi connectivity index (χ0) is 22.1. The molecule has 1 aromatic carbocycles. The number of anilines is 1. The van der Waals surface area contributed by atoms with Crippen LogP contribution in [0, 0.1) is 0 Å². The van der Waals surface area contributed by atoms with Crippen LogP contribution in [0.2, 0.25) is 0 Å². The number of fused-ring (bicyclic) bond motifs is 1. The van der Waals surface area contributed by atoms with Gasteiger partial charge in [0.15, 0.2) is 0 Å². The standard InChI is InChI=1S/C20H20F3N3O4/c1-2-13(19(28)29)26-14-4-3-5-15(12(14)6-7-18(26)27)30-17-9-11(10-24)8-16(25-17)20(21,22)23/h3-5,8-9,13H,2,6-7,10,24H2,1H3,(H,28,29). The van der Waals surface area contributed by atoms with Gasteiger partial charge in [-0.25, -0.2) is 9.78 Å². The van der Waals surface area contributed by atoms with Crippen molar-refractivity contribution in [1.82, 2.24) is 4.98 Å². The van der Waals surface area contributed by atoms with Gasteiger partial charge in [-0.2, -0.15) is 13.2 Å². The number of carboxylic acids is 1. The maximum absolute atomic E-state index is 13.1. The number of amides is 1. The van der Waals surface area contributed by atoms with Crippen molar-refractivity contribution in [3.8, 4) is 11.6 Å². The Kier molecular flexibility index (Phi) is 5.97. The minimum absolute atomic E-state index is 0.0568. The van der Waals surface area contributed by atoms with Gasteiger partial charge in [0, 0.05) is 24.6 Å². The van der Waals surface area contributed by atoms with Gasteiger partial charge in [-0.1, -0.05) is 13.0 Å². The predicted octanol–water partition coefficient (Wildman–Crippen LogP) is 3.49. The Bertz CT molecular complexity index is 978. The summed E-state index contributed by atoms with van der Waals surface area (Å²) < 4.78 is 45.1. The van der Waals surface area contributed by atoms with Crippen molar-refractivity contribution < 1.29 is 32.6 Å². The number of benzene rings is 1. The minimum Gasteiger partial charge on any atom is -0.480 e. The van der Waals surface area contributed by atoms with Gasteiger partial charge in [0.2, 0.25) is 11.8 Å². The number of carbonyl (C=O) groups is 2. The van der Waals surface area contributed by atoms with Crippen LogP contribution >= 0.6 is 0 Å². The molecule has 0 saturated heterocycles. The molecular weight excluding hydrogens is 403 g/mol. The van der Waals surface area contributed by atoms with E-state index in [1.54, 1.807) is 25.1 Å². The number of aliphatic carboxylic acids is 1. The number of nitrogens with two attached hydrogens (primary N) is 1. The summed E-state index contributed by atoms with van der Waals surface area (Å²) in [5.74, 6) is -1.55. The second-order valence-electron chi connectivity index (χ2n) is 6.78. The SMILES string of the molecule is CCC(C(=O)O)N1C(=O)CCc2c(Oc3cc(CN)cc(C(F)(F)F)n3)cccc21. The van der Waals surface area contributed by atoms with E-state index in [0.29, 0.717) is 11.3 Å². The number of rotatable bonds is 6. The molecule has 3 N–H and O–H groups in total. The van der Waals surface area contributed by atoms with Crippen LogP contribution in [0.25, 0.3) is 0 Å². The van der Waals surface area contributed by atoms with Gasteiger partial charge >= 0.3 is 12.1 Å². The number of aromatic nitrogens is 1. The molecule has 0 saturated carbocycles. The molecule has 0 spiro atoms. The molecule has 30 heavy (non-hydrogen) atoms. The zero-order valence-corrected chi connectivity index (χ0v) is 16.1. The Morgan fingerprint density at radius 3 is 2.67 bits per heavy atom. The number of hydrogen-bond acceptors (Lipinski definition) is 5. The van der Waals surface area contributed by atoms with Crippen molar-refractivity contribution in [2.45, 2.75) is 44.9 Å². The Hall–Kier alpha value is -3.14. The summed E-state index contributed by atoms with van der Waals surface area (Å²) in [6.07, 6.45) is -4.15. The molecule has 3 rings (SSSR count). The van der Waals surface area contributed by atoms with Crippen molar-refractivity contribution in [2.24, 2.45) is 5.73 Å². The monoisotopic (exact) mass is 423 g/mol. The lowest BCUT2D eigenvalue weighted by molar-refractivity contribution is -0.141. The highest BCUT2D eigenvalue weighted by Crippen LogP contribution is 2.39. The fraction of sp³-hybridized carbons (Fsp3) is 0.350. The lowest BCUT2D eigenvalue weighted by Gasteiger charge is -2.34. The van der Waals surface area contributed by atoms with Gasteiger partial charge in [0.25, 0.3) is 0 Å². The molecule has 0 aliphatic carbocycles. The Morgan fingerprint density at radius 2 is 2.07 bits per heavy atom. The van der Waals surface area contributed by atoms with Gasteiger partial charge < -0.3 is 15.6 Å². The van der Waals surface area contributed by atoms with Crippen molar-refractivity contribution >= 4 is 17.6 Å². The van der Waals surface area contributed by atoms with Crippen LogP contribution < -0.4 is 15.4 Å². The molecule has 1 aliphatic heterocycles. The third kappa shape index (κ3) is 4.23. The number of hydrogen-bond donors (Lipinski definition) is 2. The Balaban J connectivity index is 2.04. The highest BCUT2D eigenvalue weighted by molar-refractivity contribution is 6.01. The molecule has 1 amide bonds. The van der Waals surface area contributed by atoms with Crippen LogP contribution in [-0.4, -0.2) is 28.0 Å². The number of alkyl halides is 3. The van der Waals surface area contributed by atoms with Crippen LogP contribution in [0.3, 0.4) is 0 Å². The van der Waals surface area contributed by atoms with E-state index >= 15 is 0 Å². The van der Waals surface area contributed by atoms with Crippen molar-refractivity contribution in [1.29, 1.82) is 0 Å². The van der Waals surface area contributed by atoms with Crippen LogP contribution in [0.15, 0.2) is 30.3 Å². The largest absolute Gasteiger partial charge is 0.480 e. The van der Waals surface area contributed by atoms with Crippen LogP contribution in [0.1, 0.15) is 36.6 Å². The van der Waals surface area contributed by atoms with Crippen molar-refractivity contribution in [3.05, 3.63) is 47.2 Å². The molecule has 0 fully saturated rings. The first-order chi connectivity index (χ1) is 14.2. The molecule has 1 aromatic heterocycles. The number of carboxylic acid groups (broad SMARTS) is 1. The van der Waals surface area contributed by atoms with Gasteiger partial charge in [-0.3, -0.25) is 9.69 Å². The van der Waals surface area contributed by atoms with E-state index < -0.39 is 23.9 Å². The van der Waals surface area contributed by atoms with Crippen molar-refractivity contribution in [2.75, 3.05) is 4.90 Å². The maximum atomic E-state index is 13.1. The molecule has 7 nitrogen and oxygen atoms in total. The van der Waals surface area contributed by atoms with Gasteiger partial charge in [-0.05, 0) is 36.6 Å². The highest BCUT2D eigenvalue weighted by atomic mass is 19.4. The molecule has 0 radical (unpaired) electrons. The van der Waals surface area contributed by atoms with Crippen LogP contribution in [-0.2, 0) is 28.7 Å². The molecule has 160 valence electrons. The lowest BCUT2D eigenvalue weighted by atomic mass is 9.97. The molecular formula is C20H20F3N3O4. The Morgan fingerprint density at radius 1 is 1.33 bits per heavy atom. The first-order valence-corrected chi connectivity index (χ1v) is 9.28. The summed E-state index contributed by atoms with van der Waals surface area (Å²) in [5.41, 5.74) is 5.47. The fourth-order valence-corrected chi connectivity index (χ4v) is 3.41. The minimum atomic E-state index is -4.67. The average Bonchev–Trinajstić information content (AvgIpc) is 2.69. The molecule has 1 unspecified atom stereocenters. The molecule has 10 heteroatoms. The third-order valence-corrected chi connectivity index (χ3v) is 4.81. The predicted molar refractivity (Wildman–Crippen MR) is 101 cm³/mol. The summed E-state index contributed by atoms with van der Waals surface area (Å²) in [5, 5.41) is 9.48. The van der Waals surface area contributed by atoms with E-state index in [4.69, 9.17) is 10.5 Å². The molecule has 1 aliphatic rings. The smallest absolute Gasteiger partial charge is 0.433 e. The first-order valence-electron chi connectivity index (χ1n) is 9.28. The van der Waals surface area contributed by atoms with Gasteiger partial charge in [0.05, 0.1) is 5.69 Å². The van der Waals surface area contributed by atoms with Crippen LogP contribution in [0.5, 0.6) is 11.6 Å². The van der Waals surface area contributed by atoms with E-state index in [0.717, 1.165) is 6.07 Å². The molecule has 1 atom stereocenters. The lowest BCUT2D eigenvalue weighted by Crippen LogP contribution is -2.47. The summed E-state index contributed by atoms with van der Waals surface area (Å²) in [6.45, 7) is 1.52. The first kappa shape index (κ1) is 21.6. The van der Waals surface area contributed by atoms with Gasteiger partial charge in [0.1, 0.15) is 17.5 Å². The number of nitrogens with zero attached hydrogens (tertiary/aromatic N) is 2. The number of ether oxygens (including phenoxy) is 1. The summed E-state index contributed by atoms with van der Waals surface area (Å²) in [7, 11) is 0. The summed E-state index contributed by atoms with van der Waals surface area (Å²) >= 11 is 0. The fourth-order valence-electron chi connectivity index (χ4n) is 3.41. The Labute approximate surface area is 170 Å².